The van der Waals surface area contributed by atoms with Crippen molar-refractivity contribution >= 4 is 11.6 Å². The van der Waals surface area contributed by atoms with Crippen LogP contribution in [-0.4, -0.2) is 24.0 Å². The minimum Gasteiger partial charge on any atom is -0.444 e. The van der Waals surface area contributed by atoms with Crippen LogP contribution in [0.2, 0.25) is 0 Å². The Labute approximate surface area is 140 Å². The van der Waals surface area contributed by atoms with E-state index < -0.39 is 0 Å². The summed E-state index contributed by atoms with van der Waals surface area (Å²) >= 11 is 0. The molecule has 0 saturated heterocycles. The van der Waals surface area contributed by atoms with Crippen LogP contribution in [0.3, 0.4) is 0 Å². The molecular formula is C19H19N3O2. The number of anilines is 1. The van der Waals surface area contributed by atoms with Gasteiger partial charge in [-0.2, -0.15) is 0 Å². The summed E-state index contributed by atoms with van der Waals surface area (Å²) in [6, 6.07) is 17.1. The van der Waals surface area contributed by atoms with Crippen LogP contribution in [0.25, 0.3) is 11.3 Å². The van der Waals surface area contributed by atoms with E-state index >= 15 is 0 Å². The molecule has 0 saturated carbocycles. The van der Waals surface area contributed by atoms with Gasteiger partial charge in [0.05, 0.1) is 12.2 Å². The summed E-state index contributed by atoms with van der Waals surface area (Å²) in [6.45, 7) is 0. The van der Waals surface area contributed by atoms with Crippen molar-refractivity contribution in [2.75, 3.05) is 12.4 Å². The van der Waals surface area contributed by atoms with E-state index in [9.17, 15) is 4.79 Å². The Morgan fingerprint density at radius 2 is 2.00 bits per heavy atom. The average Bonchev–Trinajstić information content (AvgIpc) is 3.15. The van der Waals surface area contributed by atoms with E-state index in [0.717, 1.165) is 16.8 Å². The number of hydrogen-bond acceptors (Lipinski definition) is 4. The molecule has 0 aliphatic rings. The molecule has 0 radical (unpaired) electrons. The number of nitrogens with zero attached hydrogens (tertiary/aromatic N) is 1. The topological polar surface area (TPSA) is 67.2 Å². The van der Waals surface area contributed by atoms with Gasteiger partial charge in [0.25, 0.3) is 0 Å². The van der Waals surface area contributed by atoms with E-state index in [0.29, 0.717) is 12.2 Å². The summed E-state index contributed by atoms with van der Waals surface area (Å²) in [6.07, 6.45) is 3.66. The van der Waals surface area contributed by atoms with Crippen LogP contribution in [-0.2, 0) is 11.2 Å². The summed E-state index contributed by atoms with van der Waals surface area (Å²) in [4.78, 5) is 16.4. The molecule has 1 aromatic heterocycles. The quantitative estimate of drug-likeness (QED) is 0.732. The number of rotatable bonds is 6. The molecule has 5 heteroatoms. The Morgan fingerprint density at radius 1 is 1.17 bits per heavy atom. The maximum absolute atomic E-state index is 12.5. The molecule has 0 aliphatic heterocycles. The van der Waals surface area contributed by atoms with Gasteiger partial charge in [-0.1, -0.05) is 42.5 Å². The molecular weight excluding hydrogens is 302 g/mol. The Bertz CT molecular complexity index is 785. The van der Waals surface area contributed by atoms with Crippen LogP contribution in [0.5, 0.6) is 0 Å². The number of likely N-dealkylation sites (N-methyl/N-ethyl adjacent to an activating group) is 1. The Morgan fingerprint density at radius 3 is 2.71 bits per heavy atom. The third kappa shape index (κ3) is 3.88. The fraction of sp³-hybridized carbons (Fsp3) is 0.158. The third-order valence-electron chi connectivity index (χ3n) is 3.79. The highest BCUT2D eigenvalue weighted by Crippen LogP contribution is 2.22. The molecule has 0 bridgehead atoms. The van der Waals surface area contributed by atoms with Crippen molar-refractivity contribution in [1.82, 2.24) is 10.3 Å². The first-order chi connectivity index (χ1) is 11.8. The Balaban J connectivity index is 1.70. The molecule has 2 aromatic carbocycles. The second-order valence-corrected chi connectivity index (χ2v) is 5.47. The monoisotopic (exact) mass is 321 g/mol. The van der Waals surface area contributed by atoms with Gasteiger partial charge < -0.3 is 15.1 Å². The smallest absolute Gasteiger partial charge is 0.241 e. The normalized spacial score (nSPS) is 11.9. The van der Waals surface area contributed by atoms with Crippen molar-refractivity contribution in [3.05, 3.63) is 72.8 Å². The number of hydrogen-bond donors (Lipinski definition) is 2. The maximum Gasteiger partial charge on any atom is 0.241 e. The molecule has 122 valence electrons. The van der Waals surface area contributed by atoms with E-state index in [1.54, 1.807) is 13.2 Å². The molecule has 3 aromatic rings. The van der Waals surface area contributed by atoms with Crippen molar-refractivity contribution in [2.45, 2.75) is 12.5 Å². The van der Waals surface area contributed by atoms with Gasteiger partial charge >= 0.3 is 0 Å². The Kier molecular flexibility index (Phi) is 5.03. The molecule has 0 spiro atoms. The summed E-state index contributed by atoms with van der Waals surface area (Å²) in [5.41, 5.74) is 2.71. The molecule has 0 fully saturated rings. The van der Waals surface area contributed by atoms with Gasteiger partial charge in [0, 0.05) is 11.3 Å². The zero-order chi connectivity index (χ0) is 16.8. The standard InChI is InChI=1S/C19H19N3O2/c1-20-17(10-14-6-3-2-4-7-14)19(23)22-16-9-5-8-15(11-16)18-12-21-13-24-18/h2-9,11-13,17,20H,10H2,1H3,(H,22,23)/t17-/m0/s1. The lowest BCUT2D eigenvalue weighted by Crippen LogP contribution is -2.40. The van der Waals surface area contributed by atoms with E-state index in [-0.39, 0.29) is 11.9 Å². The number of oxazole rings is 1. The van der Waals surface area contributed by atoms with Crippen molar-refractivity contribution in [2.24, 2.45) is 0 Å². The molecule has 3 rings (SSSR count). The highest BCUT2D eigenvalue weighted by Gasteiger charge is 2.17. The molecule has 1 atom stereocenters. The van der Waals surface area contributed by atoms with Gasteiger partial charge in [-0.05, 0) is 31.2 Å². The number of amides is 1. The lowest BCUT2D eigenvalue weighted by atomic mass is 10.1. The van der Waals surface area contributed by atoms with Crippen LogP contribution in [0.4, 0.5) is 5.69 Å². The highest BCUT2D eigenvalue weighted by molar-refractivity contribution is 5.95. The molecule has 2 N–H and O–H groups in total. The first kappa shape index (κ1) is 16.0. The highest BCUT2D eigenvalue weighted by atomic mass is 16.3. The first-order valence-electron chi connectivity index (χ1n) is 7.77. The van der Waals surface area contributed by atoms with Crippen molar-refractivity contribution in [3.63, 3.8) is 0 Å². The fourth-order valence-electron chi connectivity index (χ4n) is 2.51. The predicted octanol–water partition coefficient (Wildman–Crippen LogP) is 3.11. The molecule has 5 nitrogen and oxygen atoms in total. The van der Waals surface area contributed by atoms with Gasteiger partial charge in [0.2, 0.25) is 5.91 Å². The molecule has 0 unspecified atom stereocenters. The fourth-order valence-corrected chi connectivity index (χ4v) is 2.51. The van der Waals surface area contributed by atoms with Crippen LogP contribution in [0.15, 0.2) is 71.6 Å². The number of carbonyl (C=O) groups is 1. The van der Waals surface area contributed by atoms with Gasteiger partial charge in [-0.15, -0.1) is 0 Å². The predicted molar refractivity (Wildman–Crippen MR) is 93.6 cm³/mol. The van der Waals surface area contributed by atoms with E-state index in [2.05, 4.69) is 15.6 Å². The minimum atomic E-state index is -0.304. The summed E-state index contributed by atoms with van der Waals surface area (Å²) in [5.74, 6) is 0.594. The van der Waals surface area contributed by atoms with Crippen LogP contribution >= 0.6 is 0 Å². The second kappa shape index (κ2) is 7.57. The van der Waals surface area contributed by atoms with E-state index in [1.807, 2.05) is 54.6 Å². The number of carbonyl (C=O) groups excluding carboxylic acids is 1. The van der Waals surface area contributed by atoms with Crippen LogP contribution in [0.1, 0.15) is 5.56 Å². The van der Waals surface area contributed by atoms with E-state index in [1.165, 1.54) is 6.39 Å². The van der Waals surface area contributed by atoms with Crippen molar-refractivity contribution in [3.8, 4) is 11.3 Å². The number of aromatic nitrogens is 1. The lowest BCUT2D eigenvalue weighted by molar-refractivity contribution is -0.118. The van der Waals surface area contributed by atoms with Crippen molar-refractivity contribution < 1.29 is 9.21 Å². The SMILES string of the molecule is CN[C@@H](Cc1ccccc1)C(=O)Nc1cccc(-c2cnco2)c1. The van der Waals surface area contributed by atoms with Gasteiger partial charge in [0.15, 0.2) is 12.2 Å². The zero-order valence-corrected chi connectivity index (χ0v) is 13.4. The maximum atomic E-state index is 12.5. The van der Waals surface area contributed by atoms with Gasteiger partial charge in [0.1, 0.15) is 0 Å². The Hall–Kier alpha value is -2.92. The minimum absolute atomic E-state index is 0.0731. The summed E-state index contributed by atoms with van der Waals surface area (Å²) in [7, 11) is 1.79. The molecule has 0 aliphatic carbocycles. The third-order valence-corrected chi connectivity index (χ3v) is 3.79. The summed E-state index contributed by atoms with van der Waals surface area (Å²) < 4.78 is 5.29. The van der Waals surface area contributed by atoms with Gasteiger partial charge in [-0.3, -0.25) is 4.79 Å². The average molecular weight is 321 g/mol. The lowest BCUT2D eigenvalue weighted by Gasteiger charge is -2.16. The van der Waals surface area contributed by atoms with Crippen LogP contribution in [0, 0.1) is 0 Å². The van der Waals surface area contributed by atoms with Crippen molar-refractivity contribution in [1.29, 1.82) is 0 Å². The molecule has 1 amide bonds. The van der Waals surface area contributed by atoms with Gasteiger partial charge in [-0.25, -0.2) is 4.98 Å². The zero-order valence-electron chi connectivity index (χ0n) is 13.4. The first-order valence-corrected chi connectivity index (χ1v) is 7.77. The second-order valence-electron chi connectivity index (χ2n) is 5.47. The molecule has 24 heavy (non-hydrogen) atoms. The molecule has 1 heterocycles. The van der Waals surface area contributed by atoms with E-state index in [4.69, 9.17) is 4.42 Å². The number of nitrogens with one attached hydrogen (secondary N) is 2. The summed E-state index contributed by atoms with van der Waals surface area (Å²) in [5, 5.41) is 6.02. The largest absolute Gasteiger partial charge is 0.444 e. The van der Waals surface area contributed by atoms with Crippen LogP contribution < -0.4 is 10.6 Å². The number of benzene rings is 2.